The number of amides is 1. The van der Waals surface area contributed by atoms with Gasteiger partial charge in [0.15, 0.2) is 23.1 Å². The van der Waals surface area contributed by atoms with E-state index in [1.165, 1.54) is 21.3 Å². The van der Waals surface area contributed by atoms with Crippen LogP contribution >= 0.6 is 15.9 Å². The van der Waals surface area contributed by atoms with Crippen LogP contribution in [0.1, 0.15) is 62.8 Å². The number of benzene rings is 3. The Kier molecular flexibility index (Phi) is 12.9. The number of hydrazine groups is 1. The largest absolute Gasteiger partial charge is 0.494 e. The Labute approximate surface area is 295 Å². The van der Waals surface area contributed by atoms with Gasteiger partial charge in [-0.05, 0) is 75.2 Å². The van der Waals surface area contributed by atoms with Gasteiger partial charge in [-0.2, -0.15) is 0 Å². The molecule has 0 bridgehead atoms. The number of aliphatic hydroxyl groups is 1. The number of nitrogens with one attached hydrogen (secondary N) is 2. The lowest BCUT2D eigenvalue weighted by atomic mass is 9.83. The molecule has 13 heteroatoms. The molecule has 12 nitrogen and oxygen atoms in total. The Morgan fingerprint density at radius 3 is 2.27 bits per heavy atom. The first kappa shape index (κ1) is 37.5. The van der Waals surface area contributed by atoms with Crippen LogP contribution < -0.4 is 29.8 Å². The Morgan fingerprint density at radius 2 is 1.67 bits per heavy atom. The number of esters is 1. The molecule has 0 aliphatic carbocycles. The molecule has 1 aliphatic rings. The van der Waals surface area contributed by atoms with Crippen LogP contribution in [0.3, 0.4) is 0 Å². The average molecular weight is 743 g/mol. The van der Waals surface area contributed by atoms with Crippen LogP contribution in [0.4, 0.5) is 0 Å². The summed E-state index contributed by atoms with van der Waals surface area (Å²) in [7, 11) is 4.58. The van der Waals surface area contributed by atoms with Crippen molar-refractivity contribution in [1.29, 1.82) is 0 Å². The molecular formula is C36H44BrN3O9. The molecule has 3 N–H and O–H groups in total. The number of carbonyl (C=O) groups is 2. The number of nitrogens with zero attached hydrogens (tertiary/aromatic N) is 1. The Hall–Kier alpha value is -4.33. The van der Waals surface area contributed by atoms with Crippen LogP contribution in [0.25, 0.3) is 0 Å². The molecule has 1 amide bonds. The Morgan fingerprint density at radius 1 is 1.00 bits per heavy atom. The molecule has 0 radical (unpaired) electrons. The van der Waals surface area contributed by atoms with E-state index in [4.69, 9.17) is 38.5 Å². The highest BCUT2D eigenvalue weighted by Gasteiger charge is 2.54. The minimum atomic E-state index is -1.59. The van der Waals surface area contributed by atoms with Crippen molar-refractivity contribution >= 4 is 33.7 Å². The third kappa shape index (κ3) is 9.43. The normalized spacial score (nSPS) is 17.1. The van der Waals surface area contributed by atoms with E-state index in [0.717, 1.165) is 5.56 Å². The van der Waals surface area contributed by atoms with Crippen molar-refractivity contribution in [1.82, 2.24) is 10.9 Å². The second kappa shape index (κ2) is 16.9. The predicted molar refractivity (Wildman–Crippen MR) is 187 cm³/mol. The topological polar surface area (TPSA) is 146 Å². The predicted octanol–water partition coefficient (Wildman–Crippen LogP) is 5.44. The molecule has 49 heavy (non-hydrogen) atoms. The van der Waals surface area contributed by atoms with Crippen molar-refractivity contribution < 1.29 is 43.1 Å². The van der Waals surface area contributed by atoms with Gasteiger partial charge in [-0.1, -0.05) is 34.1 Å². The maximum atomic E-state index is 14.4. The molecule has 1 heterocycles. The summed E-state index contributed by atoms with van der Waals surface area (Å²) in [5.74, 6) is 1.25. The Balaban J connectivity index is 1.70. The number of ether oxygens (including phenoxy) is 6. The van der Waals surface area contributed by atoms with E-state index < -0.39 is 29.1 Å². The number of aliphatic imine (C=N–C) groups is 1. The first-order chi connectivity index (χ1) is 23.4. The van der Waals surface area contributed by atoms with Crippen LogP contribution in [0, 0.1) is 0 Å². The third-order valence-corrected chi connectivity index (χ3v) is 8.29. The molecule has 0 aromatic heterocycles. The SMILES string of the molecule is COc1cc(CNNC(=O)[C@@]2(CCC(=O)OC(C)(C)C)N=C(c3ccc(OCCCO)cc3)O[C@H]2c2ccccc2Br)cc(OC)c1OC. The van der Waals surface area contributed by atoms with Crippen LogP contribution in [-0.4, -0.2) is 68.6 Å². The molecular weight excluding hydrogens is 698 g/mol. The summed E-state index contributed by atoms with van der Waals surface area (Å²) in [5, 5.41) is 9.08. The number of rotatable bonds is 16. The summed E-state index contributed by atoms with van der Waals surface area (Å²) in [6, 6.07) is 18.1. The van der Waals surface area contributed by atoms with Crippen molar-refractivity contribution in [2.24, 2.45) is 4.99 Å². The third-order valence-electron chi connectivity index (χ3n) is 7.57. The second-order valence-electron chi connectivity index (χ2n) is 12.2. The minimum Gasteiger partial charge on any atom is -0.494 e. The van der Waals surface area contributed by atoms with Crippen molar-refractivity contribution in [3.63, 3.8) is 0 Å². The summed E-state index contributed by atoms with van der Waals surface area (Å²) in [6.45, 7) is 5.96. The van der Waals surface area contributed by atoms with Crippen LogP contribution in [0.5, 0.6) is 23.0 Å². The van der Waals surface area contributed by atoms with Crippen LogP contribution in [0.2, 0.25) is 0 Å². The molecule has 0 unspecified atom stereocenters. The second-order valence-corrected chi connectivity index (χ2v) is 13.1. The molecule has 4 rings (SSSR count). The van der Waals surface area contributed by atoms with Crippen LogP contribution in [-0.2, 0) is 25.6 Å². The molecule has 3 aromatic rings. The average Bonchev–Trinajstić information content (AvgIpc) is 3.47. The summed E-state index contributed by atoms with van der Waals surface area (Å²) in [6.07, 6.45) is -0.522. The molecule has 1 aliphatic heterocycles. The van der Waals surface area contributed by atoms with E-state index in [2.05, 4.69) is 26.8 Å². The molecule has 3 aromatic carbocycles. The van der Waals surface area contributed by atoms with E-state index in [9.17, 15) is 9.59 Å². The van der Waals surface area contributed by atoms with Gasteiger partial charge in [-0.15, -0.1) is 0 Å². The van der Waals surface area contributed by atoms with Gasteiger partial charge in [0.05, 0.1) is 27.9 Å². The number of carbonyl (C=O) groups excluding carboxylic acids is 2. The quantitative estimate of drug-likeness (QED) is 0.0987. The lowest BCUT2D eigenvalue weighted by Gasteiger charge is -2.31. The zero-order chi connectivity index (χ0) is 35.6. The molecule has 0 fully saturated rings. The highest BCUT2D eigenvalue weighted by molar-refractivity contribution is 9.10. The van der Waals surface area contributed by atoms with Gasteiger partial charge < -0.3 is 33.5 Å². The first-order valence-corrected chi connectivity index (χ1v) is 16.6. The summed E-state index contributed by atoms with van der Waals surface area (Å²) < 4.78 is 34.9. The van der Waals surface area contributed by atoms with Gasteiger partial charge in [0.25, 0.3) is 5.91 Å². The standard InChI is InChI=1S/C36H44BrN3O9/c1-35(2,3)49-30(42)16-17-36(34(43)40-38-22-23-20-28(44-4)31(46-6)29(21-23)45-5)32(26-10-7-8-11-27(26)37)48-33(39-36)24-12-14-25(15-13-24)47-19-9-18-41/h7-8,10-15,20-21,32,38,41H,9,16-19,22H2,1-6H3,(H,40,43)/t32-,36-/m0/s1. The molecule has 264 valence electrons. The highest BCUT2D eigenvalue weighted by Crippen LogP contribution is 2.45. The van der Waals surface area contributed by atoms with Crippen LogP contribution in [0.15, 0.2) is 70.1 Å². The lowest BCUT2D eigenvalue weighted by molar-refractivity contribution is -0.155. The van der Waals surface area contributed by atoms with Crippen molar-refractivity contribution in [3.8, 4) is 23.0 Å². The molecule has 0 spiro atoms. The number of methoxy groups -OCH3 is 3. The smallest absolute Gasteiger partial charge is 0.306 e. The van der Waals surface area contributed by atoms with E-state index in [1.54, 1.807) is 57.2 Å². The fraction of sp³-hybridized carbons (Fsp3) is 0.417. The molecule has 0 saturated carbocycles. The van der Waals surface area contributed by atoms with E-state index in [-0.39, 0.29) is 31.9 Å². The molecule has 0 saturated heterocycles. The Bertz CT molecular complexity index is 1600. The lowest BCUT2D eigenvalue weighted by Crippen LogP contribution is -2.52. The monoisotopic (exact) mass is 741 g/mol. The van der Waals surface area contributed by atoms with Gasteiger partial charge in [-0.25, -0.2) is 10.4 Å². The van der Waals surface area contributed by atoms with E-state index in [1.807, 2.05) is 24.3 Å². The fourth-order valence-electron chi connectivity index (χ4n) is 5.29. The first-order valence-electron chi connectivity index (χ1n) is 15.8. The highest BCUT2D eigenvalue weighted by atomic mass is 79.9. The fourth-order valence-corrected chi connectivity index (χ4v) is 5.79. The zero-order valence-electron chi connectivity index (χ0n) is 28.6. The van der Waals surface area contributed by atoms with Gasteiger partial charge in [-0.3, -0.25) is 15.0 Å². The number of aliphatic hydroxyl groups excluding tert-OH is 1. The van der Waals surface area contributed by atoms with Gasteiger partial charge in [0, 0.05) is 41.6 Å². The van der Waals surface area contributed by atoms with Crippen molar-refractivity contribution in [2.75, 3.05) is 34.5 Å². The van der Waals surface area contributed by atoms with Crippen molar-refractivity contribution in [3.05, 3.63) is 81.8 Å². The number of hydrogen-bond acceptors (Lipinski definition) is 11. The van der Waals surface area contributed by atoms with Crippen molar-refractivity contribution in [2.45, 2.75) is 63.8 Å². The summed E-state index contributed by atoms with van der Waals surface area (Å²) >= 11 is 3.63. The van der Waals surface area contributed by atoms with Gasteiger partial charge in [0.2, 0.25) is 11.6 Å². The van der Waals surface area contributed by atoms with E-state index >= 15 is 0 Å². The minimum absolute atomic E-state index is 0.0164. The summed E-state index contributed by atoms with van der Waals surface area (Å²) in [5.41, 5.74) is 5.56. The van der Waals surface area contributed by atoms with Gasteiger partial charge >= 0.3 is 5.97 Å². The summed E-state index contributed by atoms with van der Waals surface area (Å²) in [4.78, 5) is 32.4. The maximum Gasteiger partial charge on any atom is 0.306 e. The van der Waals surface area contributed by atoms with E-state index in [0.29, 0.717) is 51.6 Å². The maximum absolute atomic E-state index is 14.4. The molecule has 2 atom stereocenters. The number of halogens is 1. The zero-order valence-corrected chi connectivity index (χ0v) is 30.2. The number of hydrogen-bond donors (Lipinski definition) is 3. The van der Waals surface area contributed by atoms with Gasteiger partial charge in [0.1, 0.15) is 11.4 Å².